The van der Waals surface area contributed by atoms with Gasteiger partial charge in [-0.15, -0.1) is 11.3 Å². The van der Waals surface area contributed by atoms with Crippen LogP contribution in [0.3, 0.4) is 0 Å². The van der Waals surface area contributed by atoms with Crippen LogP contribution in [0.2, 0.25) is 0 Å². The maximum atomic E-state index is 12.3. The smallest absolute Gasteiger partial charge is 0.318 e. The molecule has 0 saturated carbocycles. The molecule has 6 heteroatoms. The summed E-state index contributed by atoms with van der Waals surface area (Å²) in [4.78, 5) is 25.5. The lowest BCUT2D eigenvalue weighted by atomic mass is 9.94. The van der Waals surface area contributed by atoms with Crippen LogP contribution < -0.4 is 4.90 Å². The Morgan fingerprint density at radius 1 is 1.44 bits per heavy atom. The van der Waals surface area contributed by atoms with Crippen LogP contribution in [0, 0.1) is 11.8 Å². The maximum absolute atomic E-state index is 12.3. The number of nitrogens with zero attached hydrogens (tertiary/aromatic N) is 1. The minimum absolute atomic E-state index is 0.101. The molecule has 4 nitrogen and oxygen atoms in total. The molecule has 0 aliphatic rings. The zero-order valence-corrected chi connectivity index (χ0v) is 13.2. The topological polar surface area (TPSA) is 46.6 Å². The molecule has 1 aromatic rings. The normalized spacial score (nSPS) is 12.3. The highest BCUT2D eigenvalue weighted by Gasteiger charge is 2.33. The molecule has 0 bridgehead atoms. The molecule has 0 aromatic carbocycles. The van der Waals surface area contributed by atoms with Gasteiger partial charge >= 0.3 is 5.97 Å². The Bertz CT molecular complexity index is 444. The minimum Gasteiger partial charge on any atom is -0.468 e. The standard InChI is InChI=1S/C12H16BrNO3S/c1-7(2)10(12(16)17-4)11(15)14(3)9-5-8(13)6-18-9/h5-7,10H,1-4H3. The third-order valence-corrected chi connectivity index (χ3v) is 4.37. The summed E-state index contributed by atoms with van der Waals surface area (Å²) in [5.74, 6) is -1.60. The maximum Gasteiger partial charge on any atom is 0.318 e. The first-order chi connectivity index (χ1) is 8.38. The van der Waals surface area contributed by atoms with Gasteiger partial charge in [-0.25, -0.2) is 0 Å². The van der Waals surface area contributed by atoms with Gasteiger partial charge in [-0.2, -0.15) is 0 Å². The van der Waals surface area contributed by atoms with Crippen LogP contribution in [-0.4, -0.2) is 26.0 Å². The third-order valence-electron chi connectivity index (χ3n) is 2.60. The van der Waals surface area contributed by atoms with Gasteiger partial charge in [0.1, 0.15) is 5.92 Å². The fourth-order valence-corrected chi connectivity index (χ4v) is 2.97. The molecular weight excluding hydrogens is 318 g/mol. The van der Waals surface area contributed by atoms with Gasteiger partial charge in [-0.1, -0.05) is 13.8 Å². The molecule has 1 atom stereocenters. The van der Waals surface area contributed by atoms with Crippen LogP contribution in [0.5, 0.6) is 0 Å². The number of halogens is 1. The Hall–Kier alpha value is -0.880. The van der Waals surface area contributed by atoms with Crippen molar-refractivity contribution >= 4 is 44.1 Å². The number of thiophene rings is 1. The molecule has 0 aliphatic carbocycles. The second kappa shape index (κ2) is 6.33. The number of methoxy groups -OCH3 is 1. The van der Waals surface area contributed by atoms with E-state index in [-0.39, 0.29) is 11.8 Å². The Kier molecular flexibility index (Phi) is 5.34. The van der Waals surface area contributed by atoms with Crippen molar-refractivity contribution in [3.8, 4) is 0 Å². The molecule has 1 unspecified atom stereocenters. The first kappa shape index (κ1) is 15.2. The Labute approximate surface area is 119 Å². The second-order valence-corrected chi connectivity index (χ2v) is 6.05. The van der Waals surface area contributed by atoms with Gasteiger partial charge in [0.05, 0.1) is 12.1 Å². The van der Waals surface area contributed by atoms with E-state index in [4.69, 9.17) is 4.74 Å². The highest BCUT2D eigenvalue weighted by Crippen LogP contribution is 2.29. The molecule has 0 fully saturated rings. The molecule has 1 amide bonds. The average molecular weight is 334 g/mol. The van der Waals surface area contributed by atoms with Crippen molar-refractivity contribution < 1.29 is 14.3 Å². The molecule has 0 saturated heterocycles. The van der Waals surface area contributed by atoms with E-state index in [1.165, 1.54) is 23.3 Å². The summed E-state index contributed by atoms with van der Waals surface area (Å²) in [6.07, 6.45) is 0. The van der Waals surface area contributed by atoms with Gasteiger partial charge in [-0.05, 0) is 27.9 Å². The summed E-state index contributed by atoms with van der Waals surface area (Å²) in [5, 5.41) is 2.68. The molecule has 0 radical (unpaired) electrons. The highest BCUT2D eigenvalue weighted by molar-refractivity contribution is 9.10. The molecule has 100 valence electrons. The number of amides is 1. The van der Waals surface area contributed by atoms with Crippen molar-refractivity contribution in [1.82, 2.24) is 0 Å². The molecule has 0 spiro atoms. The number of hydrogen-bond donors (Lipinski definition) is 0. The van der Waals surface area contributed by atoms with E-state index in [0.29, 0.717) is 0 Å². The number of rotatable bonds is 4. The van der Waals surface area contributed by atoms with Crippen molar-refractivity contribution in [2.45, 2.75) is 13.8 Å². The van der Waals surface area contributed by atoms with Crippen LogP contribution >= 0.6 is 27.3 Å². The predicted octanol–water partition coefficient (Wildman–Crippen LogP) is 2.92. The lowest BCUT2D eigenvalue weighted by Gasteiger charge is -2.23. The van der Waals surface area contributed by atoms with Crippen LogP contribution in [0.1, 0.15) is 13.8 Å². The summed E-state index contributed by atoms with van der Waals surface area (Å²) in [6, 6.07) is 1.84. The lowest BCUT2D eigenvalue weighted by molar-refractivity contribution is -0.151. The number of carbonyl (C=O) groups excluding carboxylic acids is 2. The average Bonchev–Trinajstić information content (AvgIpc) is 2.74. The minimum atomic E-state index is -0.763. The van der Waals surface area contributed by atoms with Crippen molar-refractivity contribution in [1.29, 1.82) is 0 Å². The van der Waals surface area contributed by atoms with E-state index < -0.39 is 11.9 Å². The quantitative estimate of drug-likeness (QED) is 0.628. The van der Waals surface area contributed by atoms with Crippen molar-refractivity contribution in [3.63, 3.8) is 0 Å². The van der Waals surface area contributed by atoms with Gasteiger partial charge in [0.2, 0.25) is 5.91 Å². The van der Waals surface area contributed by atoms with Crippen LogP contribution in [0.25, 0.3) is 0 Å². The highest BCUT2D eigenvalue weighted by atomic mass is 79.9. The molecule has 0 aliphatic heterocycles. The fraction of sp³-hybridized carbons (Fsp3) is 0.500. The number of ether oxygens (including phenoxy) is 1. The lowest BCUT2D eigenvalue weighted by Crippen LogP contribution is -2.40. The monoisotopic (exact) mass is 333 g/mol. The molecule has 18 heavy (non-hydrogen) atoms. The Balaban J connectivity index is 2.93. The van der Waals surface area contributed by atoms with Crippen LogP contribution in [-0.2, 0) is 14.3 Å². The Morgan fingerprint density at radius 3 is 2.44 bits per heavy atom. The van der Waals surface area contributed by atoms with Gasteiger partial charge in [0.15, 0.2) is 0 Å². The molecule has 1 rings (SSSR count). The zero-order valence-electron chi connectivity index (χ0n) is 10.8. The van der Waals surface area contributed by atoms with Gasteiger partial charge in [-0.3, -0.25) is 9.59 Å². The van der Waals surface area contributed by atoms with Gasteiger partial charge in [0.25, 0.3) is 0 Å². The number of anilines is 1. The molecule has 0 N–H and O–H groups in total. The number of hydrogen-bond acceptors (Lipinski definition) is 4. The van der Waals surface area contributed by atoms with Crippen LogP contribution in [0.4, 0.5) is 5.00 Å². The van der Waals surface area contributed by atoms with E-state index in [9.17, 15) is 9.59 Å². The van der Waals surface area contributed by atoms with Gasteiger partial charge < -0.3 is 9.64 Å². The summed E-state index contributed by atoms with van der Waals surface area (Å²) >= 11 is 4.78. The summed E-state index contributed by atoms with van der Waals surface area (Å²) in [6.45, 7) is 3.66. The Morgan fingerprint density at radius 2 is 2.06 bits per heavy atom. The number of carbonyl (C=O) groups is 2. The molecule has 1 heterocycles. The van der Waals surface area contributed by atoms with E-state index >= 15 is 0 Å². The first-order valence-corrected chi connectivity index (χ1v) is 7.15. The second-order valence-electron chi connectivity index (χ2n) is 4.25. The molecule has 1 aromatic heterocycles. The van der Waals surface area contributed by atoms with Crippen LogP contribution in [0.15, 0.2) is 15.9 Å². The van der Waals surface area contributed by atoms with Crippen molar-refractivity contribution in [3.05, 3.63) is 15.9 Å². The number of esters is 1. The van der Waals surface area contributed by atoms with E-state index in [0.717, 1.165) is 9.47 Å². The first-order valence-electron chi connectivity index (χ1n) is 5.48. The molecular formula is C12H16BrNO3S. The van der Waals surface area contributed by atoms with Crippen molar-refractivity contribution in [2.24, 2.45) is 11.8 Å². The van der Waals surface area contributed by atoms with Gasteiger partial charge in [0, 0.05) is 16.9 Å². The zero-order chi connectivity index (χ0) is 13.9. The van der Waals surface area contributed by atoms with E-state index in [1.807, 2.05) is 25.3 Å². The van der Waals surface area contributed by atoms with Crippen molar-refractivity contribution in [2.75, 3.05) is 19.1 Å². The summed E-state index contributed by atoms with van der Waals surface area (Å²) in [5.41, 5.74) is 0. The van der Waals surface area contributed by atoms with E-state index in [2.05, 4.69) is 15.9 Å². The summed E-state index contributed by atoms with van der Waals surface area (Å²) in [7, 11) is 2.96. The SMILES string of the molecule is COC(=O)C(C(=O)N(C)c1cc(Br)cs1)C(C)C. The predicted molar refractivity (Wildman–Crippen MR) is 75.8 cm³/mol. The largest absolute Gasteiger partial charge is 0.468 e. The van der Waals surface area contributed by atoms with E-state index in [1.54, 1.807) is 7.05 Å². The summed E-state index contributed by atoms with van der Waals surface area (Å²) < 4.78 is 5.61. The third kappa shape index (κ3) is 3.32. The fourth-order valence-electron chi connectivity index (χ4n) is 1.58.